The predicted molar refractivity (Wildman–Crippen MR) is 95.8 cm³/mol. The van der Waals surface area contributed by atoms with E-state index >= 15 is 0 Å². The van der Waals surface area contributed by atoms with Gasteiger partial charge in [0.1, 0.15) is 18.5 Å². The maximum atomic E-state index is 11.3. The van der Waals surface area contributed by atoms with Crippen molar-refractivity contribution >= 4 is 17.1 Å². The molecule has 0 bridgehead atoms. The summed E-state index contributed by atoms with van der Waals surface area (Å²) in [4.78, 5) is 15.0. The van der Waals surface area contributed by atoms with Gasteiger partial charge in [-0.15, -0.1) is 11.3 Å². The molecule has 0 spiro atoms. The number of ether oxygens (including phenoxy) is 1. The average Bonchev–Trinajstić information content (AvgIpc) is 3.24. The van der Waals surface area contributed by atoms with E-state index in [0.717, 1.165) is 13.0 Å². The molecule has 2 heterocycles. The summed E-state index contributed by atoms with van der Waals surface area (Å²) in [5, 5.41) is 12.4. The number of hydrogen-bond donors (Lipinski definition) is 1. The van der Waals surface area contributed by atoms with Crippen LogP contribution in [0.4, 0.5) is 0 Å². The number of carbonyl (C=O) groups is 1. The van der Waals surface area contributed by atoms with E-state index in [1.54, 1.807) is 42.5 Å². The molecule has 128 valence electrons. The molecule has 1 fully saturated rings. The normalized spacial score (nSPS) is 19.3. The van der Waals surface area contributed by atoms with Crippen LogP contribution in [0.15, 0.2) is 41.8 Å². The SMILES string of the molecule is CC(=O)c1ccc(OC[C@@H](O)CN2CCC[C@@H]2c2cccs2)cc1. The molecule has 1 aromatic heterocycles. The third-order valence-electron chi connectivity index (χ3n) is 4.38. The topological polar surface area (TPSA) is 49.8 Å². The quantitative estimate of drug-likeness (QED) is 0.780. The molecule has 3 rings (SSSR count). The van der Waals surface area contributed by atoms with Crippen molar-refractivity contribution in [3.8, 4) is 5.75 Å². The van der Waals surface area contributed by atoms with Crippen LogP contribution in [0.1, 0.15) is 41.0 Å². The lowest BCUT2D eigenvalue weighted by molar-refractivity contribution is 0.0643. The molecule has 2 atom stereocenters. The van der Waals surface area contributed by atoms with Crippen LogP contribution in [0.25, 0.3) is 0 Å². The fourth-order valence-corrected chi connectivity index (χ4v) is 4.04. The van der Waals surface area contributed by atoms with Gasteiger partial charge in [0, 0.05) is 23.0 Å². The summed E-state index contributed by atoms with van der Waals surface area (Å²) in [6, 6.07) is 11.7. The van der Waals surface area contributed by atoms with E-state index in [4.69, 9.17) is 4.74 Å². The second-order valence-corrected chi connectivity index (χ2v) is 7.19. The third kappa shape index (κ3) is 4.23. The minimum Gasteiger partial charge on any atom is -0.491 e. The first-order valence-corrected chi connectivity index (χ1v) is 9.21. The van der Waals surface area contributed by atoms with Crippen LogP contribution < -0.4 is 4.74 Å². The molecule has 0 saturated carbocycles. The lowest BCUT2D eigenvalue weighted by Gasteiger charge is -2.26. The summed E-state index contributed by atoms with van der Waals surface area (Å²) in [6.45, 7) is 3.44. The van der Waals surface area contributed by atoms with Gasteiger partial charge >= 0.3 is 0 Å². The van der Waals surface area contributed by atoms with E-state index < -0.39 is 6.10 Å². The first kappa shape index (κ1) is 17.1. The Balaban J connectivity index is 1.50. The zero-order chi connectivity index (χ0) is 16.9. The Kier molecular flexibility index (Phi) is 5.66. The van der Waals surface area contributed by atoms with E-state index in [0.29, 0.717) is 23.9 Å². The predicted octanol–water partition coefficient (Wildman–Crippen LogP) is 3.53. The first-order chi connectivity index (χ1) is 11.6. The molecule has 0 unspecified atom stereocenters. The second-order valence-electron chi connectivity index (χ2n) is 6.21. The van der Waals surface area contributed by atoms with Crippen LogP contribution in [0.5, 0.6) is 5.75 Å². The van der Waals surface area contributed by atoms with Crippen LogP contribution >= 0.6 is 11.3 Å². The largest absolute Gasteiger partial charge is 0.491 e. The van der Waals surface area contributed by atoms with Crippen molar-refractivity contribution in [2.24, 2.45) is 0 Å². The van der Waals surface area contributed by atoms with Crippen LogP contribution in [0.2, 0.25) is 0 Å². The molecule has 1 aromatic carbocycles. The highest BCUT2D eigenvalue weighted by atomic mass is 32.1. The summed E-state index contributed by atoms with van der Waals surface area (Å²) in [5.74, 6) is 0.713. The van der Waals surface area contributed by atoms with Crippen LogP contribution in [-0.2, 0) is 0 Å². The number of likely N-dealkylation sites (tertiary alicyclic amines) is 1. The number of Topliss-reactive ketones (excluding diaryl/α,β-unsaturated/α-hetero) is 1. The van der Waals surface area contributed by atoms with E-state index in [2.05, 4.69) is 22.4 Å². The maximum absolute atomic E-state index is 11.3. The van der Waals surface area contributed by atoms with Gasteiger partial charge in [0.25, 0.3) is 0 Å². The van der Waals surface area contributed by atoms with Gasteiger partial charge in [0.2, 0.25) is 0 Å². The third-order valence-corrected chi connectivity index (χ3v) is 5.36. The zero-order valence-electron chi connectivity index (χ0n) is 13.9. The van der Waals surface area contributed by atoms with Crippen molar-refractivity contribution in [3.63, 3.8) is 0 Å². The number of aliphatic hydroxyl groups excluding tert-OH is 1. The Hall–Kier alpha value is -1.69. The number of β-amino-alcohol motifs (C(OH)–C–C–N with tert-alkyl or cyclic N) is 1. The van der Waals surface area contributed by atoms with Gasteiger partial charge in [-0.05, 0) is 62.0 Å². The van der Waals surface area contributed by atoms with Crippen molar-refractivity contribution in [2.75, 3.05) is 19.7 Å². The summed E-state index contributed by atoms with van der Waals surface area (Å²) in [5.41, 5.74) is 0.666. The van der Waals surface area contributed by atoms with Crippen molar-refractivity contribution in [2.45, 2.75) is 31.9 Å². The summed E-state index contributed by atoms with van der Waals surface area (Å²) < 4.78 is 5.65. The molecule has 2 aromatic rings. The molecule has 0 aliphatic carbocycles. The molecular formula is C19H23NO3S. The summed E-state index contributed by atoms with van der Waals surface area (Å²) >= 11 is 1.78. The number of nitrogens with zero attached hydrogens (tertiary/aromatic N) is 1. The number of ketones is 1. The molecule has 24 heavy (non-hydrogen) atoms. The van der Waals surface area contributed by atoms with E-state index in [-0.39, 0.29) is 12.4 Å². The summed E-state index contributed by atoms with van der Waals surface area (Å²) in [7, 11) is 0. The average molecular weight is 345 g/mol. The molecule has 1 N–H and O–H groups in total. The smallest absolute Gasteiger partial charge is 0.159 e. The number of hydrogen-bond acceptors (Lipinski definition) is 5. The van der Waals surface area contributed by atoms with Crippen LogP contribution in [0, 0.1) is 0 Å². The van der Waals surface area contributed by atoms with Gasteiger partial charge in [-0.1, -0.05) is 6.07 Å². The Morgan fingerprint density at radius 2 is 2.17 bits per heavy atom. The number of benzene rings is 1. The molecule has 1 aliphatic heterocycles. The van der Waals surface area contributed by atoms with E-state index in [1.165, 1.54) is 11.3 Å². The molecule has 4 nitrogen and oxygen atoms in total. The number of aliphatic hydroxyl groups is 1. The van der Waals surface area contributed by atoms with Crippen molar-refractivity contribution < 1.29 is 14.6 Å². The monoisotopic (exact) mass is 345 g/mol. The molecule has 1 aliphatic rings. The highest BCUT2D eigenvalue weighted by Gasteiger charge is 2.28. The molecular weight excluding hydrogens is 322 g/mol. The van der Waals surface area contributed by atoms with Gasteiger partial charge in [-0.2, -0.15) is 0 Å². The van der Waals surface area contributed by atoms with Crippen molar-refractivity contribution in [3.05, 3.63) is 52.2 Å². The summed E-state index contributed by atoms with van der Waals surface area (Å²) in [6.07, 6.45) is 1.79. The van der Waals surface area contributed by atoms with Gasteiger partial charge in [0.05, 0.1) is 0 Å². The van der Waals surface area contributed by atoms with Gasteiger partial charge in [-0.3, -0.25) is 9.69 Å². The molecule has 0 radical (unpaired) electrons. The number of carbonyl (C=O) groups excluding carboxylic acids is 1. The van der Waals surface area contributed by atoms with Crippen molar-refractivity contribution in [1.29, 1.82) is 0 Å². The van der Waals surface area contributed by atoms with E-state index in [1.807, 2.05) is 0 Å². The maximum Gasteiger partial charge on any atom is 0.159 e. The fraction of sp³-hybridized carbons (Fsp3) is 0.421. The lowest BCUT2D eigenvalue weighted by Crippen LogP contribution is -2.35. The molecule has 1 saturated heterocycles. The van der Waals surface area contributed by atoms with Gasteiger partial charge in [0.15, 0.2) is 5.78 Å². The van der Waals surface area contributed by atoms with Gasteiger partial charge in [-0.25, -0.2) is 0 Å². The Morgan fingerprint density at radius 3 is 2.83 bits per heavy atom. The van der Waals surface area contributed by atoms with Crippen LogP contribution in [-0.4, -0.2) is 41.6 Å². The number of rotatable bonds is 7. The Morgan fingerprint density at radius 1 is 1.38 bits per heavy atom. The Labute approximate surface area is 146 Å². The zero-order valence-corrected chi connectivity index (χ0v) is 14.7. The molecule has 0 amide bonds. The highest BCUT2D eigenvalue weighted by molar-refractivity contribution is 7.10. The first-order valence-electron chi connectivity index (χ1n) is 8.33. The standard InChI is InChI=1S/C19H23NO3S/c1-14(21)15-6-8-17(9-7-15)23-13-16(22)12-20-10-2-4-18(20)19-5-3-11-24-19/h3,5-9,11,16,18,22H,2,4,10,12-13H2,1H3/t16-,18+/m0/s1. The van der Waals surface area contributed by atoms with Crippen LogP contribution in [0.3, 0.4) is 0 Å². The fourth-order valence-electron chi connectivity index (χ4n) is 3.15. The Bertz CT molecular complexity index is 654. The van der Waals surface area contributed by atoms with Crippen molar-refractivity contribution in [1.82, 2.24) is 4.90 Å². The minimum absolute atomic E-state index is 0.0373. The number of thiophene rings is 1. The second kappa shape index (κ2) is 7.92. The van der Waals surface area contributed by atoms with E-state index in [9.17, 15) is 9.90 Å². The molecule has 5 heteroatoms. The lowest BCUT2D eigenvalue weighted by atomic mass is 10.1. The van der Waals surface area contributed by atoms with Gasteiger partial charge < -0.3 is 9.84 Å². The minimum atomic E-state index is -0.530. The highest BCUT2D eigenvalue weighted by Crippen LogP contribution is 2.34.